The highest BCUT2D eigenvalue weighted by molar-refractivity contribution is 7.89. The number of benzene rings is 2. The van der Waals surface area contributed by atoms with Crippen LogP contribution in [-0.2, 0) is 21.4 Å². The Morgan fingerprint density at radius 2 is 1.65 bits per heavy atom. The van der Waals surface area contributed by atoms with Crippen LogP contribution in [0.1, 0.15) is 18.4 Å². The molecular formula is C25H33N3O5S. The Balaban J connectivity index is 1.37. The summed E-state index contributed by atoms with van der Waals surface area (Å²) in [5.41, 5.74) is 1.27. The molecule has 0 saturated carbocycles. The lowest BCUT2D eigenvalue weighted by molar-refractivity contribution is -0.138. The van der Waals surface area contributed by atoms with Gasteiger partial charge in [0.2, 0.25) is 15.9 Å². The predicted molar refractivity (Wildman–Crippen MR) is 129 cm³/mol. The molecule has 2 fully saturated rings. The normalized spacial score (nSPS) is 20.2. The zero-order valence-corrected chi connectivity index (χ0v) is 20.7. The first kappa shape index (κ1) is 24.5. The summed E-state index contributed by atoms with van der Waals surface area (Å²) in [4.78, 5) is 17.7. The zero-order valence-electron chi connectivity index (χ0n) is 19.9. The Labute approximate surface area is 202 Å². The SMILES string of the molecule is COc1ccc(S(=O)(=O)N2CCC[C@H](C(=O)N3CCN(Cc4ccccc4)CC3)C2)cc1OC. The van der Waals surface area contributed by atoms with E-state index in [1.165, 1.54) is 36.2 Å². The quantitative estimate of drug-likeness (QED) is 0.597. The molecule has 2 aliphatic heterocycles. The number of rotatable bonds is 7. The van der Waals surface area contributed by atoms with E-state index in [1.807, 2.05) is 23.1 Å². The molecule has 2 saturated heterocycles. The first-order valence-electron chi connectivity index (χ1n) is 11.7. The molecule has 0 aromatic heterocycles. The third-order valence-corrected chi connectivity index (χ3v) is 8.52. The number of ether oxygens (including phenoxy) is 2. The van der Waals surface area contributed by atoms with Crippen molar-refractivity contribution in [3.05, 3.63) is 54.1 Å². The third-order valence-electron chi connectivity index (χ3n) is 6.66. The van der Waals surface area contributed by atoms with Crippen LogP contribution in [0.4, 0.5) is 0 Å². The lowest BCUT2D eigenvalue weighted by Crippen LogP contribution is -2.52. The molecule has 0 unspecified atom stereocenters. The van der Waals surface area contributed by atoms with E-state index in [4.69, 9.17) is 9.47 Å². The molecular weight excluding hydrogens is 454 g/mol. The maximum absolute atomic E-state index is 13.3. The van der Waals surface area contributed by atoms with E-state index in [0.717, 1.165) is 19.6 Å². The van der Waals surface area contributed by atoms with Crippen molar-refractivity contribution in [2.75, 3.05) is 53.5 Å². The minimum atomic E-state index is -3.74. The predicted octanol–water partition coefficient (Wildman–Crippen LogP) is 2.45. The van der Waals surface area contributed by atoms with E-state index in [2.05, 4.69) is 17.0 Å². The summed E-state index contributed by atoms with van der Waals surface area (Å²) in [6, 6.07) is 14.9. The van der Waals surface area contributed by atoms with Gasteiger partial charge in [-0.3, -0.25) is 9.69 Å². The van der Waals surface area contributed by atoms with Gasteiger partial charge in [0.05, 0.1) is 25.0 Å². The summed E-state index contributed by atoms with van der Waals surface area (Å²) in [6.07, 6.45) is 1.37. The Morgan fingerprint density at radius 3 is 2.32 bits per heavy atom. The van der Waals surface area contributed by atoms with Crippen molar-refractivity contribution in [3.8, 4) is 11.5 Å². The van der Waals surface area contributed by atoms with Crippen molar-refractivity contribution in [1.82, 2.24) is 14.1 Å². The van der Waals surface area contributed by atoms with Crippen LogP contribution in [0.25, 0.3) is 0 Å². The number of piperidine rings is 1. The van der Waals surface area contributed by atoms with Crippen molar-refractivity contribution >= 4 is 15.9 Å². The molecule has 34 heavy (non-hydrogen) atoms. The Hall–Kier alpha value is -2.62. The Kier molecular flexibility index (Phi) is 7.75. The monoisotopic (exact) mass is 487 g/mol. The van der Waals surface area contributed by atoms with E-state index in [0.29, 0.717) is 44.0 Å². The second kappa shape index (κ2) is 10.8. The van der Waals surface area contributed by atoms with Gasteiger partial charge >= 0.3 is 0 Å². The molecule has 4 rings (SSSR count). The van der Waals surface area contributed by atoms with E-state index in [-0.39, 0.29) is 23.3 Å². The molecule has 0 radical (unpaired) electrons. The number of carbonyl (C=O) groups excluding carboxylic acids is 1. The fraction of sp³-hybridized carbons (Fsp3) is 0.480. The molecule has 2 aromatic carbocycles. The molecule has 2 aromatic rings. The first-order valence-corrected chi connectivity index (χ1v) is 13.1. The van der Waals surface area contributed by atoms with Gasteiger partial charge in [-0.1, -0.05) is 30.3 Å². The van der Waals surface area contributed by atoms with Crippen LogP contribution in [0.5, 0.6) is 11.5 Å². The molecule has 0 aliphatic carbocycles. The summed E-state index contributed by atoms with van der Waals surface area (Å²) < 4.78 is 38.6. The van der Waals surface area contributed by atoms with Crippen LogP contribution in [0.15, 0.2) is 53.4 Å². The lowest BCUT2D eigenvalue weighted by Gasteiger charge is -2.38. The van der Waals surface area contributed by atoms with Crippen molar-refractivity contribution in [3.63, 3.8) is 0 Å². The molecule has 1 atom stereocenters. The van der Waals surface area contributed by atoms with Crippen LogP contribution < -0.4 is 9.47 Å². The summed E-state index contributed by atoms with van der Waals surface area (Å²) in [7, 11) is -0.757. The van der Waals surface area contributed by atoms with Crippen LogP contribution in [-0.4, -0.2) is 81.9 Å². The van der Waals surface area contributed by atoms with Crippen molar-refractivity contribution in [2.24, 2.45) is 5.92 Å². The smallest absolute Gasteiger partial charge is 0.243 e. The number of piperazine rings is 1. The summed E-state index contributed by atoms with van der Waals surface area (Å²) in [6.45, 7) is 4.48. The maximum atomic E-state index is 13.3. The van der Waals surface area contributed by atoms with Crippen LogP contribution in [0, 0.1) is 5.92 Å². The standard InChI is InChI=1S/C25H33N3O5S/c1-32-23-11-10-22(17-24(23)33-2)34(30,31)28-12-6-9-21(19-28)25(29)27-15-13-26(14-16-27)18-20-7-4-3-5-8-20/h3-5,7-8,10-11,17,21H,6,9,12-16,18-19H2,1-2H3/t21-/m0/s1. The molecule has 1 amide bonds. The van der Waals surface area contributed by atoms with Crippen molar-refractivity contribution in [1.29, 1.82) is 0 Å². The number of sulfonamides is 1. The van der Waals surface area contributed by atoms with Gasteiger partial charge in [0.25, 0.3) is 0 Å². The van der Waals surface area contributed by atoms with Crippen LogP contribution >= 0.6 is 0 Å². The third kappa shape index (κ3) is 5.37. The summed E-state index contributed by atoms with van der Waals surface area (Å²) in [5, 5.41) is 0. The molecule has 184 valence electrons. The number of nitrogens with zero attached hydrogens (tertiary/aromatic N) is 3. The average molecular weight is 488 g/mol. The van der Waals surface area contributed by atoms with Gasteiger partial charge in [-0.15, -0.1) is 0 Å². The van der Waals surface area contributed by atoms with E-state index < -0.39 is 10.0 Å². The minimum absolute atomic E-state index is 0.0616. The first-order chi connectivity index (χ1) is 16.4. The molecule has 9 heteroatoms. The molecule has 2 heterocycles. The van der Waals surface area contributed by atoms with Gasteiger partial charge in [-0.05, 0) is 30.5 Å². The second-order valence-corrected chi connectivity index (χ2v) is 10.7. The fourth-order valence-corrected chi connectivity index (χ4v) is 6.25. The highest BCUT2D eigenvalue weighted by Gasteiger charge is 2.36. The summed E-state index contributed by atoms with van der Waals surface area (Å²) >= 11 is 0. The number of hydrogen-bond donors (Lipinski definition) is 0. The molecule has 0 spiro atoms. The van der Waals surface area contributed by atoms with E-state index in [9.17, 15) is 13.2 Å². The Morgan fingerprint density at radius 1 is 0.941 bits per heavy atom. The number of carbonyl (C=O) groups is 1. The van der Waals surface area contributed by atoms with Crippen molar-refractivity contribution in [2.45, 2.75) is 24.3 Å². The molecule has 0 N–H and O–H groups in total. The van der Waals surface area contributed by atoms with E-state index in [1.54, 1.807) is 6.07 Å². The van der Waals surface area contributed by atoms with Gasteiger partial charge in [0.15, 0.2) is 11.5 Å². The van der Waals surface area contributed by atoms with E-state index >= 15 is 0 Å². The topological polar surface area (TPSA) is 79.4 Å². The minimum Gasteiger partial charge on any atom is -0.493 e. The van der Waals surface area contributed by atoms with Crippen molar-refractivity contribution < 1.29 is 22.7 Å². The Bertz CT molecular complexity index is 1080. The average Bonchev–Trinajstić information content (AvgIpc) is 2.89. The largest absolute Gasteiger partial charge is 0.493 e. The van der Waals surface area contributed by atoms with Gasteiger partial charge in [-0.2, -0.15) is 4.31 Å². The highest BCUT2D eigenvalue weighted by atomic mass is 32.2. The molecule has 2 aliphatic rings. The zero-order chi connectivity index (χ0) is 24.1. The lowest BCUT2D eigenvalue weighted by atomic mass is 9.97. The fourth-order valence-electron chi connectivity index (χ4n) is 4.71. The van der Waals surface area contributed by atoms with Gasteiger partial charge < -0.3 is 14.4 Å². The number of methoxy groups -OCH3 is 2. The van der Waals surface area contributed by atoms with Gasteiger partial charge in [0.1, 0.15) is 0 Å². The second-order valence-electron chi connectivity index (χ2n) is 8.81. The number of hydrogen-bond acceptors (Lipinski definition) is 6. The molecule has 0 bridgehead atoms. The van der Waals surface area contributed by atoms with Gasteiger partial charge in [0, 0.05) is 51.9 Å². The summed E-state index contributed by atoms with van der Waals surface area (Å²) in [5.74, 6) is 0.581. The van der Waals surface area contributed by atoms with Crippen LogP contribution in [0.3, 0.4) is 0 Å². The highest BCUT2D eigenvalue weighted by Crippen LogP contribution is 2.32. The van der Waals surface area contributed by atoms with Crippen LogP contribution in [0.2, 0.25) is 0 Å². The molecule has 8 nitrogen and oxygen atoms in total. The maximum Gasteiger partial charge on any atom is 0.243 e. The van der Waals surface area contributed by atoms with Gasteiger partial charge in [-0.25, -0.2) is 8.42 Å². The number of amides is 1.